The zero-order valence-corrected chi connectivity index (χ0v) is 18.5. The summed E-state index contributed by atoms with van der Waals surface area (Å²) in [5.74, 6) is -0.319. The molecule has 3 aromatic rings. The number of nitrogens with one attached hydrogen (secondary N) is 1. The average Bonchev–Trinajstić information content (AvgIpc) is 2.88. The Balaban J connectivity index is 1.75. The molecule has 0 atom stereocenters. The number of carbonyl (C=O) groups is 2. The van der Waals surface area contributed by atoms with Gasteiger partial charge in [-0.15, -0.1) is 0 Å². The fourth-order valence-electron chi connectivity index (χ4n) is 3.40. The fraction of sp³-hybridized carbons (Fsp3) is 0.167. The number of nitrogens with zero attached hydrogens (tertiary/aromatic N) is 1. The van der Waals surface area contributed by atoms with Gasteiger partial charge in [0.25, 0.3) is 11.8 Å². The number of halogens is 1. The summed E-state index contributed by atoms with van der Waals surface area (Å²) in [6, 6.07) is 20.5. The van der Waals surface area contributed by atoms with E-state index in [1.807, 2.05) is 48.5 Å². The van der Waals surface area contributed by atoms with Crippen molar-refractivity contribution in [2.24, 2.45) is 0 Å². The van der Waals surface area contributed by atoms with E-state index in [1.165, 1.54) is 11.8 Å². The van der Waals surface area contributed by atoms with Crippen LogP contribution in [0.5, 0.6) is 0 Å². The molecule has 0 bridgehead atoms. The van der Waals surface area contributed by atoms with Crippen LogP contribution in [-0.4, -0.2) is 32.1 Å². The van der Waals surface area contributed by atoms with Crippen molar-refractivity contribution in [1.29, 1.82) is 0 Å². The van der Waals surface area contributed by atoms with Crippen LogP contribution in [0.1, 0.15) is 26.3 Å². The Labute approximate surface area is 190 Å². The molecule has 0 saturated heterocycles. The van der Waals surface area contributed by atoms with E-state index >= 15 is 0 Å². The molecule has 0 saturated carbocycles. The summed E-state index contributed by atoms with van der Waals surface area (Å²) in [6.45, 7) is 1.19. The summed E-state index contributed by atoms with van der Waals surface area (Å²) < 4.78 is 5.00. The number of ether oxygens (including phenoxy) is 1. The summed E-state index contributed by atoms with van der Waals surface area (Å²) in [4.78, 5) is 29.7. The minimum absolute atomic E-state index is 0.112. The minimum atomic E-state index is -0.207. The highest BCUT2D eigenvalue weighted by molar-refractivity contribution is 7.99. The molecule has 0 aromatic heterocycles. The number of carbonyl (C=O) groups excluding carboxylic acids is 2. The molecule has 158 valence electrons. The fourth-order valence-corrected chi connectivity index (χ4v) is 4.68. The summed E-state index contributed by atoms with van der Waals surface area (Å²) in [7, 11) is 1.59. The zero-order chi connectivity index (χ0) is 21.8. The molecule has 0 fully saturated rings. The Hall–Kier alpha value is -2.80. The first kappa shape index (κ1) is 21.4. The second kappa shape index (κ2) is 9.56. The van der Waals surface area contributed by atoms with Gasteiger partial charge < -0.3 is 15.0 Å². The number of fused-ring (bicyclic) bond motifs is 2. The second-order valence-electron chi connectivity index (χ2n) is 7.05. The SMILES string of the molecule is COCCNC(=O)c1ccc2c(c1)N(Cc1cccc(Cl)c1)C(=O)c1ccccc1S2. The number of methoxy groups -OCH3 is 1. The van der Waals surface area contributed by atoms with E-state index in [1.54, 1.807) is 30.2 Å². The van der Waals surface area contributed by atoms with E-state index in [2.05, 4.69) is 5.32 Å². The molecule has 1 N–H and O–H groups in total. The maximum atomic E-state index is 13.5. The van der Waals surface area contributed by atoms with Crippen LogP contribution in [-0.2, 0) is 11.3 Å². The van der Waals surface area contributed by atoms with Gasteiger partial charge in [0.1, 0.15) is 0 Å². The van der Waals surface area contributed by atoms with E-state index < -0.39 is 0 Å². The van der Waals surface area contributed by atoms with Gasteiger partial charge in [-0.2, -0.15) is 0 Å². The van der Waals surface area contributed by atoms with Crippen LogP contribution in [0.25, 0.3) is 0 Å². The Morgan fingerprint density at radius 1 is 1.06 bits per heavy atom. The van der Waals surface area contributed by atoms with Gasteiger partial charge in [-0.3, -0.25) is 9.59 Å². The lowest BCUT2D eigenvalue weighted by Gasteiger charge is -2.24. The van der Waals surface area contributed by atoms with Crippen LogP contribution in [0.3, 0.4) is 0 Å². The van der Waals surface area contributed by atoms with Gasteiger partial charge in [-0.1, -0.05) is 47.6 Å². The van der Waals surface area contributed by atoms with Crippen LogP contribution in [0.15, 0.2) is 76.5 Å². The van der Waals surface area contributed by atoms with Gasteiger partial charge in [-0.25, -0.2) is 0 Å². The van der Waals surface area contributed by atoms with Crippen molar-refractivity contribution >= 4 is 40.9 Å². The molecule has 0 radical (unpaired) electrons. The normalized spacial score (nSPS) is 12.7. The first-order chi connectivity index (χ1) is 15.1. The number of amides is 2. The first-order valence-electron chi connectivity index (χ1n) is 9.81. The maximum absolute atomic E-state index is 13.5. The van der Waals surface area contributed by atoms with Crippen molar-refractivity contribution in [1.82, 2.24) is 5.32 Å². The number of hydrogen-bond acceptors (Lipinski definition) is 4. The molecule has 31 heavy (non-hydrogen) atoms. The van der Waals surface area contributed by atoms with Crippen molar-refractivity contribution in [2.75, 3.05) is 25.2 Å². The number of rotatable bonds is 6. The molecule has 3 aromatic carbocycles. The lowest BCUT2D eigenvalue weighted by Crippen LogP contribution is -2.31. The summed E-state index contributed by atoms with van der Waals surface area (Å²) in [6.07, 6.45) is 0. The Morgan fingerprint density at radius 2 is 1.90 bits per heavy atom. The van der Waals surface area contributed by atoms with E-state index in [0.717, 1.165) is 15.4 Å². The predicted molar refractivity (Wildman–Crippen MR) is 123 cm³/mol. The first-order valence-corrected chi connectivity index (χ1v) is 11.0. The van der Waals surface area contributed by atoms with Crippen molar-refractivity contribution in [3.63, 3.8) is 0 Å². The van der Waals surface area contributed by atoms with Gasteiger partial charge in [0.15, 0.2) is 0 Å². The molecule has 1 aliphatic rings. The largest absolute Gasteiger partial charge is 0.383 e. The highest BCUT2D eigenvalue weighted by Gasteiger charge is 2.28. The van der Waals surface area contributed by atoms with Gasteiger partial charge in [0.2, 0.25) is 0 Å². The van der Waals surface area contributed by atoms with Gasteiger partial charge in [0, 0.05) is 34.0 Å². The van der Waals surface area contributed by atoms with Crippen LogP contribution < -0.4 is 10.2 Å². The molecule has 4 rings (SSSR count). The number of benzene rings is 3. The van der Waals surface area contributed by atoms with Gasteiger partial charge in [0.05, 0.1) is 24.4 Å². The van der Waals surface area contributed by atoms with E-state index in [0.29, 0.717) is 41.5 Å². The molecule has 5 nitrogen and oxygen atoms in total. The molecule has 0 unspecified atom stereocenters. The van der Waals surface area contributed by atoms with Crippen molar-refractivity contribution in [2.45, 2.75) is 16.3 Å². The highest BCUT2D eigenvalue weighted by atomic mass is 35.5. The lowest BCUT2D eigenvalue weighted by atomic mass is 10.1. The predicted octanol–water partition coefficient (Wildman–Crippen LogP) is 5.03. The quantitative estimate of drug-likeness (QED) is 0.533. The van der Waals surface area contributed by atoms with Crippen molar-refractivity contribution in [3.05, 3.63) is 88.4 Å². The monoisotopic (exact) mass is 452 g/mol. The van der Waals surface area contributed by atoms with Crippen LogP contribution in [0, 0.1) is 0 Å². The third-order valence-corrected chi connectivity index (χ3v) is 6.29. The molecule has 2 amide bonds. The lowest BCUT2D eigenvalue weighted by molar-refractivity contribution is 0.0934. The number of anilines is 1. The van der Waals surface area contributed by atoms with Gasteiger partial charge >= 0.3 is 0 Å². The summed E-state index contributed by atoms with van der Waals surface area (Å²) >= 11 is 7.70. The molecular weight excluding hydrogens is 432 g/mol. The standard InChI is InChI=1S/C24H21ClN2O3S/c1-30-12-11-26-23(28)17-9-10-22-20(14-17)27(15-16-5-4-6-18(25)13-16)24(29)19-7-2-3-8-21(19)31-22/h2-10,13-14H,11-12,15H2,1H3,(H,26,28). The molecule has 7 heteroatoms. The maximum Gasteiger partial charge on any atom is 0.259 e. The zero-order valence-electron chi connectivity index (χ0n) is 16.9. The molecule has 0 aliphatic carbocycles. The Morgan fingerprint density at radius 3 is 2.71 bits per heavy atom. The van der Waals surface area contributed by atoms with Crippen LogP contribution in [0.4, 0.5) is 5.69 Å². The summed E-state index contributed by atoms with van der Waals surface area (Å²) in [5.41, 5.74) is 2.74. The molecule has 0 spiro atoms. The van der Waals surface area contributed by atoms with E-state index in [-0.39, 0.29) is 11.8 Å². The van der Waals surface area contributed by atoms with Crippen LogP contribution >= 0.6 is 23.4 Å². The topological polar surface area (TPSA) is 58.6 Å². The second-order valence-corrected chi connectivity index (χ2v) is 8.57. The Bertz CT molecular complexity index is 1140. The molecule has 1 aliphatic heterocycles. The smallest absolute Gasteiger partial charge is 0.259 e. The average molecular weight is 453 g/mol. The van der Waals surface area contributed by atoms with E-state index in [4.69, 9.17) is 16.3 Å². The molecule has 1 heterocycles. The third-order valence-electron chi connectivity index (χ3n) is 4.92. The third kappa shape index (κ3) is 4.77. The number of hydrogen-bond donors (Lipinski definition) is 1. The Kier molecular flexibility index (Phi) is 6.61. The van der Waals surface area contributed by atoms with E-state index in [9.17, 15) is 9.59 Å². The molecular formula is C24H21ClN2O3S. The van der Waals surface area contributed by atoms with Crippen molar-refractivity contribution in [3.8, 4) is 0 Å². The highest BCUT2D eigenvalue weighted by Crippen LogP contribution is 2.42. The van der Waals surface area contributed by atoms with Crippen LogP contribution in [0.2, 0.25) is 5.02 Å². The van der Waals surface area contributed by atoms with Gasteiger partial charge in [-0.05, 0) is 48.0 Å². The summed E-state index contributed by atoms with van der Waals surface area (Å²) in [5, 5.41) is 3.44. The van der Waals surface area contributed by atoms with Crippen molar-refractivity contribution < 1.29 is 14.3 Å². The minimum Gasteiger partial charge on any atom is -0.383 e.